The van der Waals surface area contributed by atoms with Gasteiger partial charge in [0.05, 0.1) is 10.5 Å². The summed E-state index contributed by atoms with van der Waals surface area (Å²) in [5.74, 6) is -0.550. The maximum atomic E-state index is 12.0. The predicted molar refractivity (Wildman–Crippen MR) is 90.3 cm³/mol. The van der Waals surface area contributed by atoms with E-state index in [4.69, 9.17) is 16.3 Å². The third-order valence-corrected chi connectivity index (χ3v) is 4.85. The molecule has 1 aromatic carbocycles. The van der Waals surface area contributed by atoms with E-state index >= 15 is 0 Å². The monoisotopic (exact) mass is 368 g/mol. The minimum Gasteiger partial charge on any atom is -0.457 e. The van der Waals surface area contributed by atoms with Crippen molar-refractivity contribution in [1.82, 2.24) is 9.71 Å². The number of nitrogens with zero attached hydrogens (tertiary/aromatic N) is 1. The van der Waals surface area contributed by atoms with Crippen LogP contribution in [0.2, 0.25) is 5.15 Å². The van der Waals surface area contributed by atoms with E-state index in [9.17, 15) is 13.2 Å². The summed E-state index contributed by atoms with van der Waals surface area (Å²) >= 11 is 5.68. The predicted octanol–water partition coefficient (Wildman–Crippen LogP) is 2.78. The Balaban J connectivity index is 2.02. The second kappa shape index (κ2) is 7.74. The Kier molecular flexibility index (Phi) is 5.93. The lowest BCUT2D eigenvalue weighted by Crippen LogP contribution is -2.30. The van der Waals surface area contributed by atoms with Crippen molar-refractivity contribution < 1.29 is 17.9 Å². The van der Waals surface area contributed by atoms with E-state index < -0.39 is 16.0 Å². The molecular formula is C16H17ClN2O4S. The third kappa shape index (κ3) is 5.02. The van der Waals surface area contributed by atoms with Crippen molar-refractivity contribution >= 4 is 27.6 Å². The molecule has 0 spiro atoms. The van der Waals surface area contributed by atoms with Gasteiger partial charge in [0.25, 0.3) is 0 Å². The van der Waals surface area contributed by atoms with Crippen molar-refractivity contribution in [3.05, 3.63) is 58.9 Å². The van der Waals surface area contributed by atoms with Crippen LogP contribution in [0.5, 0.6) is 0 Å². The number of carbonyl (C=O) groups excluding carboxylic acids is 1. The molecule has 6 nitrogen and oxygen atoms in total. The third-order valence-electron chi connectivity index (χ3n) is 2.95. The van der Waals surface area contributed by atoms with Gasteiger partial charge in [0.1, 0.15) is 11.8 Å². The van der Waals surface area contributed by atoms with Crippen LogP contribution in [0.4, 0.5) is 0 Å². The fraction of sp³-hybridized carbons (Fsp3) is 0.250. The molecule has 0 radical (unpaired) electrons. The standard InChI is InChI=1S/C16H17ClN2O4S/c1-11(2)19-24(21,22)14-6-4-13(5-7-14)16(20)23-10-12-3-8-15(17)18-9-12/h3-9,11,19H,10H2,1-2H3. The lowest BCUT2D eigenvalue weighted by atomic mass is 10.2. The molecule has 0 amide bonds. The first kappa shape index (κ1) is 18.4. The van der Waals surface area contributed by atoms with Crippen molar-refractivity contribution in [2.75, 3.05) is 0 Å². The van der Waals surface area contributed by atoms with Crippen LogP contribution in [0.25, 0.3) is 0 Å². The van der Waals surface area contributed by atoms with Crippen molar-refractivity contribution in [2.24, 2.45) is 0 Å². The van der Waals surface area contributed by atoms with E-state index in [0.717, 1.165) is 0 Å². The van der Waals surface area contributed by atoms with Crippen LogP contribution in [0.15, 0.2) is 47.5 Å². The Bertz CT molecular complexity index is 803. The number of nitrogens with one attached hydrogen (secondary N) is 1. The smallest absolute Gasteiger partial charge is 0.338 e. The first-order valence-electron chi connectivity index (χ1n) is 7.18. The number of rotatable bonds is 6. The molecule has 2 aromatic rings. The van der Waals surface area contributed by atoms with Crippen LogP contribution in [0.3, 0.4) is 0 Å². The molecule has 2 rings (SSSR count). The number of benzene rings is 1. The second-order valence-corrected chi connectivity index (χ2v) is 7.47. The average Bonchev–Trinajstić information content (AvgIpc) is 2.53. The zero-order valence-electron chi connectivity index (χ0n) is 13.2. The van der Waals surface area contributed by atoms with Gasteiger partial charge in [-0.25, -0.2) is 22.9 Å². The Morgan fingerprint density at radius 2 is 1.88 bits per heavy atom. The topological polar surface area (TPSA) is 85.4 Å². The number of halogens is 1. The first-order chi connectivity index (χ1) is 11.3. The van der Waals surface area contributed by atoms with Gasteiger partial charge in [-0.1, -0.05) is 17.7 Å². The quantitative estimate of drug-likeness (QED) is 0.626. The number of hydrogen-bond acceptors (Lipinski definition) is 5. The van der Waals surface area contributed by atoms with Crippen molar-refractivity contribution in [1.29, 1.82) is 0 Å². The molecule has 24 heavy (non-hydrogen) atoms. The molecule has 1 N–H and O–H groups in total. The lowest BCUT2D eigenvalue weighted by Gasteiger charge is -2.10. The minimum atomic E-state index is -3.58. The maximum absolute atomic E-state index is 12.0. The summed E-state index contributed by atoms with van der Waals surface area (Å²) in [5, 5.41) is 0.358. The van der Waals surface area contributed by atoms with Crippen molar-refractivity contribution in [3.8, 4) is 0 Å². The second-order valence-electron chi connectivity index (χ2n) is 5.37. The molecule has 8 heteroatoms. The number of aromatic nitrogens is 1. The first-order valence-corrected chi connectivity index (χ1v) is 9.04. The van der Waals surface area contributed by atoms with Gasteiger partial charge in [-0.15, -0.1) is 0 Å². The van der Waals surface area contributed by atoms with Crippen LogP contribution in [0, 0.1) is 0 Å². The number of sulfonamides is 1. The normalized spacial score (nSPS) is 11.5. The van der Waals surface area contributed by atoms with Crippen molar-refractivity contribution in [3.63, 3.8) is 0 Å². The Morgan fingerprint density at radius 3 is 2.42 bits per heavy atom. The van der Waals surface area contributed by atoms with Crippen LogP contribution in [0.1, 0.15) is 29.8 Å². The Morgan fingerprint density at radius 1 is 1.21 bits per heavy atom. The Hall–Kier alpha value is -1.96. The highest BCUT2D eigenvalue weighted by Gasteiger charge is 2.16. The van der Waals surface area contributed by atoms with E-state index in [0.29, 0.717) is 10.7 Å². The fourth-order valence-electron chi connectivity index (χ4n) is 1.87. The zero-order chi connectivity index (χ0) is 17.7. The molecule has 0 aliphatic carbocycles. The van der Waals surface area contributed by atoms with Gasteiger partial charge in [-0.3, -0.25) is 0 Å². The van der Waals surface area contributed by atoms with Gasteiger partial charge in [-0.2, -0.15) is 0 Å². The van der Waals surface area contributed by atoms with Crippen LogP contribution in [-0.4, -0.2) is 25.4 Å². The Labute approximate surface area is 145 Å². The van der Waals surface area contributed by atoms with Gasteiger partial charge >= 0.3 is 5.97 Å². The number of hydrogen-bond donors (Lipinski definition) is 1. The number of pyridine rings is 1. The molecule has 128 valence electrons. The highest BCUT2D eigenvalue weighted by Crippen LogP contribution is 2.13. The highest BCUT2D eigenvalue weighted by atomic mass is 35.5. The zero-order valence-corrected chi connectivity index (χ0v) is 14.8. The van der Waals surface area contributed by atoms with E-state index in [-0.39, 0.29) is 23.1 Å². The van der Waals surface area contributed by atoms with Gasteiger partial charge < -0.3 is 4.74 Å². The van der Waals surface area contributed by atoms with E-state index in [1.807, 2.05) is 0 Å². The van der Waals surface area contributed by atoms with Crippen LogP contribution >= 0.6 is 11.6 Å². The van der Waals surface area contributed by atoms with Crippen molar-refractivity contribution in [2.45, 2.75) is 31.4 Å². The summed E-state index contributed by atoms with van der Waals surface area (Å²) in [4.78, 5) is 16.0. The average molecular weight is 369 g/mol. The largest absolute Gasteiger partial charge is 0.457 e. The summed E-state index contributed by atoms with van der Waals surface area (Å²) in [6.07, 6.45) is 1.52. The summed E-state index contributed by atoms with van der Waals surface area (Å²) < 4.78 is 31.7. The molecule has 0 bridgehead atoms. The summed E-state index contributed by atoms with van der Waals surface area (Å²) in [6, 6.07) is 8.65. The van der Waals surface area contributed by atoms with Crippen LogP contribution in [-0.2, 0) is 21.4 Å². The summed E-state index contributed by atoms with van der Waals surface area (Å²) in [5.41, 5.74) is 0.966. The molecule has 0 aliphatic rings. The highest BCUT2D eigenvalue weighted by molar-refractivity contribution is 7.89. The van der Waals surface area contributed by atoms with Gasteiger partial charge in [0, 0.05) is 17.8 Å². The van der Waals surface area contributed by atoms with Crippen LogP contribution < -0.4 is 4.72 Å². The number of carbonyl (C=O) groups is 1. The maximum Gasteiger partial charge on any atom is 0.338 e. The van der Waals surface area contributed by atoms with E-state index in [2.05, 4.69) is 9.71 Å². The minimum absolute atomic E-state index is 0.0535. The molecular weight excluding hydrogens is 352 g/mol. The molecule has 1 aromatic heterocycles. The molecule has 0 fully saturated rings. The SMILES string of the molecule is CC(C)NS(=O)(=O)c1ccc(C(=O)OCc2ccc(Cl)nc2)cc1. The molecule has 1 heterocycles. The van der Waals surface area contributed by atoms with Gasteiger partial charge in [0.15, 0.2) is 0 Å². The van der Waals surface area contributed by atoms with E-state index in [1.54, 1.807) is 26.0 Å². The number of ether oxygens (including phenoxy) is 1. The molecule has 0 saturated heterocycles. The molecule has 0 saturated carbocycles. The summed E-state index contributed by atoms with van der Waals surface area (Å²) in [6.45, 7) is 3.52. The molecule has 0 aliphatic heterocycles. The van der Waals surface area contributed by atoms with E-state index in [1.165, 1.54) is 30.5 Å². The van der Waals surface area contributed by atoms with Gasteiger partial charge in [0.2, 0.25) is 10.0 Å². The molecule has 0 unspecified atom stereocenters. The fourth-order valence-corrected chi connectivity index (χ4v) is 3.24. The lowest BCUT2D eigenvalue weighted by molar-refractivity contribution is 0.0472. The van der Waals surface area contributed by atoms with Gasteiger partial charge in [-0.05, 0) is 44.2 Å². The number of esters is 1. The molecule has 0 atom stereocenters. The summed E-state index contributed by atoms with van der Waals surface area (Å²) in [7, 11) is -3.58.